The summed E-state index contributed by atoms with van der Waals surface area (Å²) in [5.41, 5.74) is 3.84. The van der Waals surface area contributed by atoms with Crippen LogP contribution in [0, 0.1) is 0 Å². The molecule has 3 rings (SSSR count). The van der Waals surface area contributed by atoms with Crippen molar-refractivity contribution < 1.29 is 4.74 Å². The van der Waals surface area contributed by atoms with Gasteiger partial charge in [0.05, 0.1) is 23.8 Å². The number of hydrogen-bond donors (Lipinski definition) is 0. The van der Waals surface area contributed by atoms with Crippen LogP contribution in [0.25, 0.3) is 5.52 Å². The van der Waals surface area contributed by atoms with Gasteiger partial charge >= 0.3 is 0 Å². The summed E-state index contributed by atoms with van der Waals surface area (Å²) in [7, 11) is 1.69. The Kier molecular flexibility index (Phi) is 6.27. The number of benzene rings is 1. The molecule has 0 saturated heterocycles. The molecule has 0 saturated carbocycles. The molecule has 3 aromatic rings. The van der Waals surface area contributed by atoms with Gasteiger partial charge in [0.2, 0.25) is 0 Å². The number of aromatic nitrogens is 2. The molecule has 0 N–H and O–H groups in total. The molecule has 0 aliphatic rings. The Bertz CT molecular complexity index is 746. The van der Waals surface area contributed by atoms with E-state index in [1.54, 1.807) is 30.6 Å². The second kappa shape index (κ2) is 7.99. The van der Waals surface area contributed by atoms with E-state index in [4.69, 9.17) is 4.74 Å². The van der Waals surface area contributed by atoms with Crippen molar-refractivity contribution in [2.75, 3.05) is 19.6 Å². The van der Waals surface area contributed by atoms with Crippen molar-refractivity contribution in [3.8, 4) is 5.75 Å². The number of thioether (sulfide) groups is 2. The van der Waals surface area contributed by atoms with E-state index >= 15 is 0 Å². The Morgan fingerprint density at radius 1 is 1.13 bits per heavy atom. The Morgan fingerprint density at radius 2 is 1.87 bits per heavy atom. The van der Waals surface area contributed by atoms with Crippen molar-refractivity contribution in [1.82, 2.24) is 9.38 Å². The Labute approximate surface area is 151 Å². The predicted molar refractivity (Wildman–Crippen MR) is 102 cm³/mol. The number of hydrogen-bond acceptors (Lipinski definition) is 4. The zero-order chi connectivity index (χ0) is 15.5. The van der Waals surface area contributed by atoms with Gasteiger partial charge in [0.15, 0.2) is 0 Å². The molecular formula is C17H19ClN2OS2. The number of halogens is 1. The average molecular weight is 367 g/mol. The van der Waals surface area contributed by atoms with E-state index < -0.39 is 0 Å². The van der Waals surface area contributed by atoms with Crippen LogP contribution in [0.4, 0.5) is 0 Å². The molecular weight excluding hydrogens is 348 g/mol. The molecule has 0 spiro atoms. The van der Waals surface area contributed by atoms with E-state index in [-0.39, 0.29) is 12.4 Å². The third-order valence-electron chi connectivity index (χ3n) is 3.68. The monoisotopic (exact) mass is 366 g/mol. The van der Waals surface area contributed by atoms with E-state index in [2.05, 4.69) is 34.0 Å². The third-order valence-corrected chi connectivity index (χ3v) is 5.37. The fourth-order valence-electron chi connectivity index (χ4n) is 2.66. The van der Waals surface area contributed by atoms with E-state index in [1.807, 2.05) is 30.7 Å². The maximum Gasteiger partial charge on any atom is 0.118 e. The zero-order valence-electron chi connectivity index (χ0n) is 13.3. The van der Waals surface area contributed by atoms with Gasteiger partial charge in [-0.25, -0.2) is 0 Å². The van der Waals surface area contributed by atoms with Gasteiger partial charge in [0.1, 0.15) is 5.75 Å². The summed E-state index contributed by atoms with van der Waals surface area (Å²) < 4.78 is 7.48. The molecule has 0 unspecified atom stereocenters. The number of ether oxygens (including phenoxy) is 1. The largest absolute Gasteiger partial charge is 0.497 e. The van der Waals surface area contributed by atoms with Crippen LogP contribution in [-0.4, -0.2) is 29.0 Å². The van der Waals surface area contributed by atoms with Gasteiger partial charge in [0.25, 0.3) is 0 Å². The molecule has 3 nitrogen and oxygen atoms in total. The second-order valence-corrected chi connectivity index (χ2v) is 6.49. The summed E-state index contributed by atoms with van der Waals surface area (Å²) in [6, 6.07) is 8.30. The normalized spacial score (nSPS) is 10.6. The van der Waals surface area contributed by atoms with Crippen molar-refractivity contribution in [2.45, 2.75) is 16.3 Å². The van der Waals surface area contributed by atoms with E-state index in [9.17, 15) is 0 Å². The molecule has 0 fully saturated rings. The van der Waals surface area contributed by atoms with Crippen molar-refractivity contribution in [2.24, 2.45) is 0 Å². The summed E-state index contributed by atoms with van der Waals surface area (Å²) in [6.45, 7) is 0. The van der Waals surface area contributed by atoms with E-state index in [1.165, 1.54) is 26.6 Å². The second-order valence-electron chi connectivity index (χ2n) is 4.88. The van der Waals surface area contributed by atoms with Gasteiger partial charge < -0.3 is 9.14 Å². The predicted octanol–water partition coefficient (Wildman–Crippen LogP) is 4.80. The minimum Gasteiger partial charge on any atom is -0.497 e. The molecule has 23 heavy (non-hydrogen) atoms. The Hall–Kier alpha value is -1.30. The third kappa shape index (κ3) is 3.47. The van der Waals surface area contributed by atoms with Gasteiger partial charge in [-0.15, -0.1) is 35.9 Å². The van der Waals surface area contributed by atoms with Crippen molar-refractivity contribution in [1.29, 1.82) is 0 Å². The molecule has 0 atom stereocenters. The molecule has 1 aromatic carbocycles. The van der Waals surface area contributed by atoms with Gasteiger partial charge in [-0.05, 0) is 30.2 Å². The number of rotatable bonds is 5. The fourth-order valence-corrected chi connectivity index (χ4v) is 4.27. The lowest BCUT2D eigenvalue weighted by atomic mass is 10.1. The first-order valence-electron chi connectivity index (χ1n) is 6.96. The van der Waals surface area contributed by atoms with Gasteiger partial charge in [0, 0.05) is 29.3 Å². The van der Waals surface area contributed by atoms with Crippen LogP contribution in [0.1, 0.15) is 11.1 Å². The summed E-state index contributed by atoms with van der Waals surface area (Å²) >= 11 is 3.57. The first-order chi connectivity index (χ1) is 10.8. The minimum absolute atomic E-state index is 0. The zero-order valence-corrected chi connectivity index (χ0v) is 15.7. The van der Waals surface area contributed by atoms with E-state index in [0.717, 1.165) is 12.2 Å². The van der Waals surface area contributed by atoms with E-state index in [0.29, 0.717) is 0 Å². The minimum atomic E-state index is 0. The maximum absolute atomic E-state index is 5.24. The van der Waals surface area contributed by atoms with Crippen LogP contribution in [0.3, 0.4) is 0 Å². The van der Waals surface area contributed by atoms with Crippen LogP contribution < -0.4 is 4.74 Å². The average Bonchev–Trinajstić information content (AvgIpc) is 2.87. The molecule has 0 bridgehead atoms. The lowest BCUT2D eigenvalue weighted by Crippen LogP contribution is -1.92. The molecule has 2 aromatic heterocycles. The molecule has 0 aliphatic carbocycles. The lowest BCUT2D eigenvalue weighted by Gasteiger charge is -2.06. The van der Waals surface area contributed by atoms with Crippen LogP contribution in [0.5, 0.6) is 5.75 Å². The first kappa shape index (κ1) is 18.0. The molecule has 0 aliphatic heterocycles. The molecule has 6 heteroatoms. The highest BCUT2D eigenvalue weighted by Crippen LogP contribution is 2.37. The van der Waals surface area contributed by atoms with Crippen LogP contribution in [0.15, 0.2) is 52.8 Å². The summed E-state index contributed by atoms with van der Waals surface area (Å²) in [5, 5.41) is 1.29. The van der Waals surface area contributed by atoms with Crippen molar-refractivity contribution >= 4 is 41.4 Å². The number of methoxy groups -OCH3 is 1. The Balaban J connectivity index is 0.00000192. The van der Waals surface area contributed by atoms with Gasteiger partial charge in [-0.2, -0.15) is 0 Å². The molecule has 0 amide bonds. The number of nitrogens with zero attached hydrogens (tertiary/aromatic N) is 2. The fraction of sp³-hybridized carbons (Fsp3) is 0.235. The summed E-state index contributed by atoms with van der Waals surface area (Å²) in [5.74, 6) is 0.894. The first-order valence-corrected chi connectivity index (χ1v) is 9.41. The van der Waals surface area contributed by atoms with Gasteiger partial charge in [-0.3, -0.25) is 4.98 Å². The van der Waals surface area contributed by atoms with Crippen LogP contribution >= 0.6 is 35.9 Å². The molecule has 122 valence electrons. The highest BCUT2D eigenvalue weighted by Gasteiger charge is 2.17. The Morgan fingerprint density at radius 3 is 2.48 bits per heavy atom. The maximum atomic E-state index is 5.24. The summed E-state index contributed by atoms with van der Waals surface area (Å²) in [6.07, 6.45) is 11.0. The molecule has 2 heterocycles. The quantitative estimate of drug-likeness (QED) is 0.606. The van der Waals surface area contributed by atoms with Crippen LogP contribution in [0.2, 0.25) is 0 Å². The smallest absolute Gasteiger partial charge is 0.118 e. The number of fused-ring (bicyclic) bond motifs is 1. The topological polar surface area (TPSA) is 26.5 Å². The highest BCUT2D eigenvalue weighted by molar-refractivity contribution is 7.99. The van der Waals surface area contributed by atoms with Crippen molar-refractivity contribution in [3.63, 3.8) is 0 Å². The van der Waals surface area contributed by atoms with Crippen molar-refractivity contribution in [3.05, 3.63) is 54.0 Å². The van der Waals surface area contributed by atoms with Crippen LogP contribution in [-0.2, 0) is 6.42 Å². The van der Waals surface area contributed by atoms with Gasteiger partial charge in [-0.1, -0.05) is 12.1 Å². The lowest BCUT2D eigenvalue weighted by molar-refractivity contribution is 0.414. The molecule has 0 radical (unpaired) electrons. The SMILES string of the molecule is COc1ccc(Cc2c(SC)c3cnccn3c2SC)cc1.Cl. The highest BCUT2D eigenvalue weighted by atomic mass is 35.5. The standard InChI is InChI=1S/C17H18N2OS2.ClH/c1-20-13-6-4-12(5-7-13)10-14-16(21-2)15-11-18-8-9-19(15)17(14)22-3;/h4-9,11H,10H2,1-3H3;1H. The summed E-state index contributed by atoms with van der Waals surface area (Å²) in [4.78, 5) is 5.59.